The number of carbonyl (C=O) groups is 1. The number of nitrogens with two attached hydrogens (primary N) is 2. The maximum absolute atomic E-state index is 12.7. The van der Waals surface area contributed by atoms with Crippen molar-refractivity contribution in [3.63, 3.8) is 0 Å². The number of amides is 1. The molecule has 4 rings (SSSR count). The average molecular weight is 504 g/mol. The van der Waals surface area contributed by atoms with Crippen LogP contribution in [0.3, 0.4) is 0 Å². The lowest BCUT2D eigenvalue weighted by molar-refractivity contribution is 0.0955. The van der Waals surface area contributed by atoms with E-state index in [1.54, 1.807) is 19.3 Å². The number of aryl methyl sites for hydroxylation is 2. The second-order valence-electron chi connectivity index (χ2n) is 8.26. The third-order valence-corrected chi connectivity index (χ3v) is 6.60. The third-order valence-electron chi connectivity index (χ3n) is 5.54. The molecule has 1 amide bonds. The lowest BCUT2D eigenvalue weighted by atomic mass is 10.1. The molecule has 0 aliphatic rings. The monoisotopic (exact) mass is 503 g/mol. The van der Waals surface area contributed by atoms with Gasteiger partial charge in [-0.05, 0) is 37.6 Å². The minimum Gasteiger partial charge on any atom is -0.351 e. The Morgan fingerprint density at radius 2 is 1.94 bits per heavy atom. The summed E-state index contributed by atoms with van der Waals surface area (Å²) in [5.74, 6) is 12.0. The van der Waals surface area contributed by atoms with Gasteiger partial charge in [0.15, 0.2) is 16.6 Å². The molecule has 0 saturated carbocycles. The molecule has 2 heterocycles. The minimum absolute atomic E-state index is 0.150. The summed E-state index contributed by atoms with van der Waals surface area (Å²) in [6.45, 7) is 4.41. The molecule has 6 N–H and O–H groups in total. The molecule has 11 heteroatoms. The van der Waals surface area contributed by atoms with E-state index in [1.807, 2.05) is 35.9 Å². The summed E-state index contributed by atoms with van der Waals surface area (Å²) >= 11 is 1.36. The number of anilines is 2. The van der Waals surface area contributed by atoms with E-state index >= 15 is 0 Å². The smallest absolute Gasteiger partial charge is 0.251 e. The van der Waals surface area contributed by atoms with Gasteiger partial charge in [-0.25, -0.2) is 15.8 Å². The van der Waals surface area contributed by atoms with Crippen LogP contribution in [0.25, 0.3) is 16.9 Å². The van der Waals surface area contributed by atoms with Gasteiger partial charge in [0.05, 0.1) is 11.9 Å². The van der Waals surface area contributed by atoms with Crippen molar-refractivity contribution in [1.29, 1.82) is 0 Å². The first-order chi connectivity index (χ1) is 17.4. The number of amidine groups is 1. The molecule has 0 unspecified atom stereocenters. The Balaban J connectivity index is 1.44. The van der Waals surface area contributed by atoms with E-state index in [-0.39, 0.29) is 5.91 Å². The minimum atomic E-state index is -0.150. The van der Waals surface area contributed by atoms with Gasteiger partial charge in [0.25, 0.3) is 5.91 Å². The summed E-state index contributed by atoms with van der Waals surface area (Å²) in [4.78, 5) is 21.7. The molecule has 186 valence electrons. The Hall–Kier alpha value is -4.09. The van der Waals surface area contributed by atoms with E-state index in [9.17, 15) is 4.79 Å². The fourth-order valence-electron chi connectivity index (χ4n) is 3.71. The van der Waals surface area contributed by atoms with Crippen LogP contribution in [0, 0.1) is 13.8 Å². The van der Waals surface area contributed by atoms with Gasteiger partial charge in [-0.2, -0.15) is 5.10 Å². The summed E-state index contributed by atoms with van der Waals surface area (Å²) in [5.41, 5.74) is 6.24. The number of benzene rings is 2. The molecule has 4 aromatic rings. The highest BCUT2D eigenvalue weighted by atomic mass is 32.2. The van der Waals surface area contributed by atoms with Crippen LogP contribution in [0.2, 0.25) is 0 Å². The van der Waals surface area contributed by atoms with E-state index < -0.39 is 0 Å². The first kappa shape index (κ1) is 25.0. The number of nitrogens with zero attached hydrogens (tertiary/aromatic N) is 5. The fraction of sp³-hybridized carbons (Fsp3) is 0.200. The second-order valence-corrected chi connectivity index (χ2v) is 9.32. The van der Waals surface area contributed by atoms with Gasteiger partial charge in [0.1, 0.15) is 0 Å². The number of nitrogens with one attached hydrogen (secondary N) is 2. The lowest BCUT2D eigenvalue weighted by Gasteiger charge is -2.14. The predicted octanol–water partition coefficient (Wildman–Crippen LogP) is 3.25. The van der Waals surface area contributed by atoms with Gasteiger partial charge in [0.2, 0.25) is 0 Å². The summed E-state index contributed by atoms with van der Waals surface area (Å²) in [5, 5.41) is 11.7. The number of imidazole rings is 1. The highest BCUT2D eigenvalue weighted by molar-refractivity contribution is 8.13. The first-order valence-electron chi connectivity index (χ1n) is 11.3. The molecule has 0 radical (unpaired) electrons. The van der Waals surface area contributed by atoms with Crippen molar-refractivity contribution in [2.45, 2.75) is 13.8 Å². The summed E-state index contributed by atoms with van der Waals surface area (Å²) in [6, 6.07) is 13.9. The van der Waals surface area contributed by atoms with Crippen molar-refractivity contribution in [2.75, 3.05) is 24.7 Å². The standard InChI is InChI=1S/C25H29N9OS/c1-16-4-6-18(7-5-16)21-15-30-23-22(28-10-12-34(21)23)31-19-8-9-20(17(2)14-19)24(35)29-11-13-36-25(32-26)33(3)27/h4-10,12,14-15H,11,13,26-27H2,1-3H3,(H,28,31)(H,29,35)/b32-25+. The van der Waals surface area contributed by atoms with Crippen LogP contribution in [0.5, 0.6) is 0 Å². The highest BCUT2D eigenvalue weighted by Gasteiger charge is 2.13. The zero-order valence-electron chi connectivity index (χ0n) is 20.4. The number of carbonyl (C=O) groups excluding carboxylic acids is 1. The molecule has 10 nitrogen and oxygen atoms in total. The largest absolute Gasteiger partial charge is 0.351 e. The molecule has 0 saturated heterocycles. The highest BCUT2D eigenvalue weighted by Crippen LogP contribution is 2.26. The molecule has 2 aromatic heterocycles. The van der Waals surface area contributed by atoms with E-state index in [2.05, 4.69) is 56.9 Å². The van der Waals surface area contributed by atoms with Gasteiger partial charge in [-0.1, -0.05) is 41.6 Å². The number of hydrogen-bond donors (Lipinski definition) is 4. The van der Waals surface area contributed by atoms with Crippen molar-refractivity contribution in [1.82, 2.24) is 24.7 Å². The molecule has 36 heavy (non-hydrogen) atoms. The number of hydrogen-bond acceptors (Lipinski definition) is 8. The van der Waals surface area contributed by atoms with Crippen molar-refractivity contribution >= 4 is 40.0 Å². The second kappa shape index (κ2) is 11.1. The van der Waals surface area contributed by atoms with Crippen LogP contribution >= 0.6 is 11.8 Å². The van der Waals surface area contributed by atoms with Crippen LogP contribution in [0.15, 0.2) is 66.2 Å². The topological polar surface area (TPSA) is 139 Å². The Labute approximate surface area is 213 Å². The van der Waals surface area contributed by atoms with E-state index in [4.69, 9.17) is 11.7 Å². The lowest BCUT2D eigenvalue weighted by Crippen LogP contribution is -2.33. The van der Waals surface area contributed by atoms with Crippen molar-refractivity contribution < 1.29 is 4.79 Å². The maximum atomic E-state index is 12.7. The number of hydrazone groups is 1. The zero-order valence-corrected chi connectivity index (χ0v) is 21.2. The molecule has 2 aromatic carbocycles. The number of aromatic nitrogens is 3. The average Bonchev–Trinajstić information content (AvgIpc) is 3.29. The Morgan fingerprint density at radius 3 is 2.64 bits per heavy atom. The van der Waals surface area contributed by atoms with Crippen LogP contribution in [-0.4, -0.2) is 49.8 Å². The van der Waals surface area contributed by atoms with Crippen molar-refractivity contribution in [2.24, 2.45) is 16.8 Å². The molecule has 0 aliphatic carbocycles. The predicted molar refractivity (Wildman–Crippen MR) is 146 cm³/mol. The number of hydrazine groups is 1. The zero-order chi connectivity index (χ0) is 25.7. The van der Waals surface area contributed by atoms with Gasteiger partial charge in [0, 0.05) is 48.6 Å². The van der Waals surface area contributed by atoms with Gasteiger partial charge in [-0.3, -0.25) is 14.2 Å². The van der Waals surface area contributed by atoms with E-state index in [0.717, 1.165) is 22.5 Å². The maximum Gasteiger partial charge on any atom is 0.251 e. The molecular weight excluding hydrogens is 474 g/mol. The molecule has 0 bridgehead atoms. The van der Waals surface area contributed by atoms with Crippen LogP contribution in [0.1, 0.15) is 21.5 Å². The quantitative estimate of drug-likeness (QED) is 0.0991. The van der Waals surface area contributed by atoms with E-state index in [1.165, 1.54) is 22.3 Å². The van der Waals surface area contributed by atoms with Crippen LogP contribution in [-0.2, 0) is 0 Å². The first-order valence-corrected chi connectivity index (χ1v) is 12.3. The SMILES string of the molecule is Cc1ccc(-c2cnc3c(Nc4ccc(C(=O)NCCS/C(=N/N)N(C)N)c(C)c4)nccn23)cc1. The number of thioether (sulfide) groups is 1. The van der Waals surface area contributed by atoms with Gasteiger partial charge >= 0.3 is 0 Å². The molecule has 0 spiro atoms. The summed E-state index contributed by atoms with van der Waals surface area (Å²) in [7, 11) is 1.65. The summed E-state index contributed by atoms with van der Waals surface area (Å²) in [6.07, 6.45) is 5.48. The van der Waals surface area contributed by atoms with Crippen molar-refractivity contribution in [3.8, 4) is 11.3 Å². The fourth-order valence-corrected chi connectivity index (χ4v) is 4.38. The Morgan fingerprint density at radius 1 is 1.17 bits per heavy atom. The van der Waals surface area contributed by atoms with Gasteiger partial charge < -0.3 is 16.5 Å². The third kappa shape index (κ3) is 5.58. The van der Waals surface area contributed by atoms with Gasteiger partial charge in [-0.15, -0.1) is 0 Å². The molecule has 0 atom stereocenters. The van der Waals surface area contributed by atoms with Crippen molar-refractivity contribution in [3.05, 3.63) is 77.7 Å². The Kier molecular flexibility index (Phi) is 7.71. The molecular formula is C25H29N9OS. The Bertz CT molecular complexity index is 1400. The van der Waals surface area contributed by atoms with Crippen LogP contribution < -0.4 is 22.3 Å². The normalized spacial score (nSPS) is 11.5. The molecule has 0 aliphatic heterocycles. The number of fused-ring (bicyclic) bond motifs is 1. The summed E-state index contributed by atoms with van der Waals surface area (Å²) < 4.78 is 2.01. The number of rotatable bonds is 7. The van der Waals surface area contributed by atoms with Crippen LogP contribution in [0.4, 0.5) is 11.5 Å². The van der Waals surface area contributed by atoms with E-state index in [0.29, 0.717) is 34.5 Å². The molecule has 0 fully saturated rings.